The van der Waals surface area contributed by atoms with Gasteiger partial charge in [-0.2, -0.15) is 0 Å². The molecule has 1 atom stereocenters. The maximum Gasteiger partial charge on any atom is 0.129 e. The van der Waals surface area contributed by atoms with Gasteiger partial charge in [0.25, 0.3) is 0 Å². The largest absolute Gasteiger partial charge is 0.308 e. The highest BCUT2D eigenvalue weighted by Gasteiger charge is 2.19. The third kappa shape index (κ3) is 4.27. The fraction of sp³-hybridized carbons (Fsp3) is 0.545. The Morgan fingerprint density at radius 3 is 2.71 bits per heavy atom. The van der Waals surface area contributed by atoms with Crippen molar-refractivity contribution in [3.63, 3.8) is 0 Å². The topological polar surface area (TPSA) is 28.2 Å². The van der Waals surface area contributed by atoms with Crippen LogP contribution in [0.3, 0.4) is 0 Å². The second-order valence-electron chi connectivity index (χ2n) is 4.08. The third-order valence-corrected chi connectivity index (χ3v) is 3.06. The number of likely N-dealkylation sites (N-methyl/N-ethyl adjacent to an activating group) is 1. The first-order chi connectivity index (χ1) is 7.16. The molecule has 2 heterocycles. The number of hydrogen-bond acceptors (Lipinski definition) is 3. The Balaban J connectivity index is 0.00000128. The molecule has 3 nitrogen and oxygen atoms in total. The van der Waals surface area contributed by atoms with Crippen molar-refractivity contribution in [2.24, 2.45) is 0 Å². The number of nitrogens with zero attached hydrogens (tertiary/aromatic N) is 2. The molecule has 1 unspecified atom stereocenters. The van der Waals surface area contributed by atoms with Gasteiger partial charge in [-0.05, 0) is 25.6 Å². The first-order valence-corrected chi connectivity index (χ1v) is 5.59. The van der Waals surface area contributed by atoms with E-state index in [1.807, 2.05) is 13.0 Å². The average molecular weight is 299 g/mol. The molecular formula is C11H18Cl3N3. The lowest BCUT2D eigenvalue weighted by Crippen LogP contribution is -2.43. The van der Waals surface area contributed by atoms with E-state index in [1.165, 1.54) is 5.56 Å². The maximum atomic E-state index is 5.84. The second kappa shape index (κ2) is 7.39. The molecule has 0 bridgehead atoms. The number of nitrogens with one attached hydrogen (secondary N) is 1. The molecular weight excluding hydrogens is 281 g/mol. The van der Waals surface area contributed by atoms with Crippen LogP contribution in [0.4, 0.5) is 0 Å². The summed E-state index contributed by atoms with van der Waals surface area (Å²) < 4.78 is 0. The van der Waals surface area contributed by atoms with Crippen LogP contribution in [0, 0.1) is 6.92 Å². The van der Waals surface area contributed by atoms with Crippen molar-refractivity contribution in [2.75, 3.05) is 26.7 Å². The van der Waals surface area contributed by atoms with Crippen LogP contribution in [-0.2, 0) is 0 Å². The fourth-order valence-electron chi connectivity index (χ4n) is 2.01. The van der Waals surface area contributed by atoms with Gasteiger partial charge in [0, 0.05) is 31.4 Å². The summed E-state index contributed by atoms with van der Waals surface area (Å²) >= 11 is 5.84. The molecule has 17 heavy (non-hydrogen) atoms. The molecule has 2 rings (SSSR count). The van der Waals surface area contributed by atoms with Crippen LogP contribution in [0.25, 0.3) is 0 Å². The average Bonchev–Trinajstić information content (AvgIpc) is 2.17. The highest BCUT2D eigenvalue weighted by Crippen LogP contribution is 2.20. The summed E-state index contributed by atoms with van der Waals surface area (Å²) in [6, 6.07) is 4.32. The van der Waals surface area contributed by atoms with Gasteiger partial charge in [-0.15, -0.1) is 24.8 Å². The molecule has 1 aliphatic rings. The van der Waals surface area contributed by atoms with Crippen LogP contribution in [-0.4, -0.2) is 36.6 Å². The van der Waals surface area contributed by atoms with E-state index in [1.54, 1.807) is 0 Å². The van der Waals surface area contributed by atoms with Crippen molar-refractivity contribution < 1.29 is 0 Å². The number of aryl methyl sites for hydroxylation is 1. The third-order valence-electron chi connectivity index (χ3n) is 2.85. The van der Waals surface area contributed by atoms with Gasteiger partial charge >= 0.3 is 0 Å². The summed E-state index contributed by atoms with van der Waals surface area (Å²) in [5.41, 5.74) is 2.28. The first-order valence-electron chi connectivity index (χ1n) is 5.22. The predicted octanol–water partition coefficient (Wildman–Crippen LogP) is 2.46. The van der Waals surface area contributed by atoms with Crippen molar-refractivity contribution in [3.8, 4) is 0 Å². The zero-order chi connectivity index (χ0) is 10.8. The predicted molar refractivity (Wildman–Crippen MR) is 76.7 cm³/mol. The lowest BCUT2D eigenvalue weighted by molar-refractivity contribution is 0.240. The molecule has 1 aromatic rings. The van der Waals surface area contributed by atoms with E-state index in [9.17, 15) is 0 Å². The number of halogens is 3. The van der Waals surface area contributed by atoms with Crippen molar-refractivity contribution in [3.05, 3.63) is 28.5 Å². The van der Waals surface area contributed by atoms with Crippen LogP contribution >= 0.6 is 36.4 Å². The Bertz CT molecular complexity index is 360. The van der Waals surface area contributed by atoms with E-state index in [2.05, 4.69) is 28.3 Å². The van der Waals surface area contributed by atoms with E-state index >= 15 is 0 Å². The number of piperazine rings is 1. The quantitative estimate of drug-likeness (QED) is 0.807. The SMILES string of the molecule is Cc1nc(Cl)ccc1C1CN(C)CCN1.Cl.Cl. The Morgan fingerprint density at radius 1 is 1.41 bits per heavy atom. The van der Waals surface area contributed by atoms with E-state index in [-0.39, 0.29) is 24.8 Å². The van der Waals surface area contributed by atoms with Crippen LogP contribution in [0.2, 0.25) is 5.15 Å². The lowest BCUT2D eigenvalue weighted by atomic mass is 10.0. The molecule has 1 aromatic heterocycles. The van der Waals surface area contributed by atoms with Gasteiger partial charge in [-0.1, -0.05) is 17.7 Å². The number of hydrogen-bond donors (Lipinski definition) is 1. The molecule has 0 amide bonds. The molecule has 1 aliphatic heterocycles. The zero-order valence-corrected chi connectivity index (χ0v) is 12.3. The molecule has 0 aliphatic carbocycles. The van der Waals surface area contributed by atoms with Crippen LogP contribution in [0.5, 0.6) is 0 Å². The minimum Gasteiger partial charge on any atom is -0.308 e. The molecule has 0 aromatic carbocycles. The first kappa shape index (κ1) is 16.9. The summed E-state index contributed by atoms with van der Waals surface area (Å²) in [5, 5.41) is 4.07. The van der Waals surface area contributed by atoms with E-state index in [0.29, 0.717) is 11.2 Å². The van der Waals surface area contributed by atoms with Crippen LogP contribution in [0.1, 0.15) is 17.3 Å². The van der Waals surface area contributed by atoms with Gasteiger partial charge < -0.3 is 10.2 Å². The Labute approximate surface area is 120 Å². The minimum absolute atomic E-state index is 0. The Morgan fingerprint density at radius 2 is 2.12 bits per heavy atom. The molecule has 1 saturated heterocycles. The summed E-state index contributed by atoms with van der Waals surface area (Å²) in [5.74, 6) is 0. The zero-order valence-electron chi connectivity index (χ0n) is 9.94. The summed E-state index contributed by atoms with van der Waals surface area (Å²) in [6.45, 7) is 5.18. The monoisotopic (exact) mass is 297 g/mol. The van der Waals surface area contributed by atoms with Crippen molar-refractivity contribution >= 4 is 36.4 Å². The van der Waals surface area contributed by atoms with Gasteiger partial charge in [0.2, 0.25) is 0 Å². The van der Waals surface area contributed by atoms with Gasteiger partial charge in [0.1, 0.15) is 5.15 Å². The minimum atomic E-state index is 0. The van der Waals surface area contributed by atoms with Crippen LogP contribution < -0.4 is 5.32 Å². The summed E-state index contributed by atoms with van der Waals surface area (Å²) in [6.07, 6.45) is 0. The van der Waals surface area contributed by atoms with Gasteiger partial charge in [-0.3, -0.25) is 0 Å². The van der Waals surface area contributed by atoms with Gasteiger partial charge in [-0.25, -0.2) is 4.98 Å². The normalized spacial score (nSPS) is 20.3. The summed E-state index contributed by atoms with van der Waals surface area (Å²) in [4.78, 5) is 6.61. The van der Waals surface area contributed by atoms with Crippen molar-refractivity contribution in [1.29, 1.82) is 0 Å². The molecule has 6 heteroatoms. The molecule has 0 saturated carbocycles. The number of pyridine rings is 1. The van der Waals surface area contributed by atoms with Crippen molar-refractivity contribution in [1.82, 2.24) is 15.2 Å². The molecule has 0 spiro atoms. The number of aromatic nitrogens is 1. The molecule has 98 valence electrons. The fourth-order valence-corrected chi connectivity index (χ4v) is 2.20. The smallest absolute Gasteiger partial charge is 0.129 e. The highest BCUT2D eigenvalue weighted by atomic mass is 35.5. The molecule has 1 fully saturated rings. The molecule has 0 radical (unpaired) electrons. The molecule has 1 N–H and O–H groups in total. The van der Waals surface area contributed by atoms with E-state index in [4.69, 9.17) is 11.6 Å². The Kier molecular flexibility index (Phi) is 7.37. The highest BCUT2D eigenvalue weighted by molar-refractivity contribution is 6.29. The number of rotatable bonds is 1. The standard InChI is InChI=1S/C11H16ClN3.2ClH/c1-8-9(3-4-11(12)14-8)10-7-15(2)6-5-13-10;;/h3-4,10,13H,5-7H2,1-2H3;2*1H. The second-order valence-corrected chi connectivity index (χ2v) is 4.46. The maximum absolute atomic E-state index is 5.84. The summed E-state index contributed by atoms with van der Waals surface area (Å²) in [7, 11) is 2.15. The van der Waals surface area contributed by atoms with Crippen molar-refractivity contribution in [2.45, 2.75) is 13.0 Å². The van der Waals surface area contributed by atoms with E-state index < -0.39 is 0 Å². The van der Waals surface area contributed by atoms with Gasteiger partial charge in [0.05, 0.1) is 0 Å². The lowest BCUT2D eigenvalue weighted by Gasteiger charge is -2.31. The van der Waals surface area contributed by atoms with Gasteiger partial charge in [0.15, 0.2) is 0 Å². The van der Waals surface area contributed by atoms with E-state index in [0.717, 1.165) is 25.3 Å². The Hall–Kier alpha value is -0.0600. The van der Waals surface area contributed by atoms with Crippen LogP contribution in [0.15, 0.2) is 12.1 Å².